The van der Waals surface area contributed by atoms with Gasteiger partial charge in [-0.3, -0.25) is 4.79 Å². The monoisotopic (exact) mass is 428 g/mol. The summed E-state index contributed by atoms with van der Waals surface area (Å²) in [5.41, 5.74) is 1.63. The third-order valence-electron chi connectivity index (χ3n) is 6.32. The molecule has 2 fully saturated rings. The molecule has 3 rings (SSSR count). The van der Waals surface area contributed by atoms with Crippen LogP contribution in [0.3, 0.4) is 0 Å². The zero-order valence-corrected chi connectivity index (χ0v) is 17.4. The minimum atomic E-state index is -1.53. The number of aliphatic hydroxyl groups excluding tert-OH is 5. The zero-order chi connectivity index (χ0) is 22.2. The second kappa shape index (κ2) is 9.44. The summed E-state index contributed by atoms with van der Waals surface area (Å²) in [4.78, 5) is 12.1. The van der Waals surface area contributed by atoms with E-state index >= 15 is 0 Å². The number of ether oxygens (including phenoxy) is 3. The molecule has 9 nitrogen and oxygen atoms in total. The summed E-state index contributed by atoms with van der Waals surface area (Å²) in [5, 5.41) is 50.3. The average molecular weight is 428 g/mol. The van der Waals surface area contributed by atoms with Crippen LogP contribution in [-0.4, -0.2) is 87.1 Å². The third kappa shape index (κ3) is 4.62. The van der Waals surface area contributed by atoms with Crippen molar-refractivity contribution < 1.29 is 44.5 Å². The lowest BCUT2D eigenvalue weighted by Crippen LogP contribution is -2.59. The standard InChI is InChI=1S/C21H32O9/c1-9-4-5-13(29-21-19(26)18(25)17(24)15(8-22)30-21)10(2)7-14-16(12(23)6-9)11(3)20(27)28-14/h4,7,11-19,21-26H,5-6,8H2,1-3H3. The number of hydrogen-bond acceptors (Lipinski definition) is 9. The molecule has 0 aromatic rings. The van der Waals surface area contributed by atoms with Crippen LogP contribution in [0.2, 0.25) is 0 Å². The van der Waals surface area contributed by atoms with Crippen molar-refractivity contribution in [1.82, 2.24) is 0 Å². The van der Waals surface area contributed by atoms with Crippen molar-refractivity contribution in [2.75, 3.05) is 6.61 Å². The van der Waals surface area contributed by atoms with Crippen LogP contribution < -0.4 is 0 Å². The molecule has 0 bridgehead atoms. The van der Waals surface area contributed by atoms with E-state index in [1.54, 1.807) is 19.9 Å². The number of rotatable bonds is 3. The van der Waals surface area contributed by atoms with Gasteiger partial charge in [-0.25, -0.2) is 0 Å². The van der Waals surface area contributed by atoms with E-state index in [1.807, 2.05) is 13.0 Å². The average Bonchev–Trinajstić information content (AvgIpc) is 2.97. The summed E-state index contributed by atoms with van der Waals surface area (Å²) < 4.78 is 16.9. The minimum absolute atomic E-state index is 0.361. The van der Waals surface area contributed by atoms with Crippen molar-refractivity contribution in [3.05, 3.63) is 23.3 Å². The predicted molar refractivity (Wildman–Crippen MR) is 104 cm³/mol. The molecule has 0 amide bonds. The molecule has 0 saturated carbocycles. The van der Waals surface area contributed by atoms with Crippen molar-refractivity contribution in [3.63, 3.8) is 0 Å². The second-order valence-electron chi connectivity index (χ2n) is 8.56. The van der Waals surface area contributed by atoms with Crippen molar-refractivity contribution in [1.29, 1.82) is 0 Å². The Morgan fingerprint density at radius 2 is 1.83 bits per heavy atom. The number of aliphatic hydroxyl groups is 5. The van der Waals surface area contributed by atoms with Crippen LogP contribution in [0.5, 0.6) is 0 Å². The van der Waals surface area contributed by atoms with Crippen LogP contribution in [0.15, 0.2) is 23.3 Å². The van der Waals surface area contributed by atoms with Crippen LogP contribution in [0.1, 0.15) is 33.6 Å². The van der Waals surface area contributed by atoms with E-state index in [0.717, 1.165) is 5.57 Å². The molecule has 5 N–H and O–H groups in total. The molecule has 1 aliphatic carbocycles. The van der Waals surface area contributed by atoms with Crippen molar-refractivity contribution in [2.45, 2.75) is 82.6 Å². The Morgan fingerprint density at radius 3 is 2.50 bits per heavy atom. The van der Waals surface area contributed by atoms with Crippen LogP contribution in [0.25, 0.3) is 0 Å². The molecule has 170 valence electrons. The van der Waals surface area contributed by atoms with Crippen molar-refractivity contribution in [2.24, 2.45) is 11.8 Å². The van der Waals surface area contributed by atoms with E-state index in [1.165, 1.54) is 0 Å². The number of esters is 1. The molecular formula is C21H32O9. The lowest BCUT2D eigenvalue weighted by molar-refractivity contribution is -0.308. The van der Waals surface area contributed by atoms with Gasteiger partial charge in [-0.2, -0.15) is 0 Å². The number of fused-ring (bicyclic) bond motifs is 1. The molecule has 3 aliphatic rings. The Balaban J connectivity index is 1.85. The summed E-state index contributed by atoms with van der Waals surface area (Å²) in [6, 6.07) is 0. The largest absolute Gasteiger partial charge is 0.457 e. The first-order chi connectivity index (χ1) is 14.1. The van der Waals surface area contributed by atoms with Gasteiger partial charge in [0.1, 0.15) is 30.5 Å². The van der Waals surface area contributed by atoms with Gasteiger partial charge in [0.25, 0.3) is 0 Å². The van der Waals surface area contributed by atoms with Crippen LogP contribution in [-0.2, 0) is 19.0 Å². The van der Waals surface area contributed by atoms with Gasteiger partial charge in [0.15, 0.2) is 6.29 Å². The van der Waals surface area contributed by atoms with E-state index < -0.39 is 61.5 Å². The molecule has 30 heavy (non-hydrogen) atoms. The molecule has 2 saturated heterocycles. The second-order valence-corrected chi connectivity index (χ2v) is 8.56. The van der Waals surface area contributed by atoms with E-state index in [4.69, 9.17) is 14.2 Å². The van der Waals surface area contributed by atoms with Gasteiger partial charge in [-0.15, -0.1) is 0 Å². The summed E-state index contributed by atoms with van der Waals surface area (Å²) in [6.45, 7) is 4.87. The summed E-state index contributed by atoms with van der Waals surface area (Å²) >= 11 is 0. The lowest BCUT2D eigenvalue weighted by Gasteiger charge is -2.41. The summed E-state index contributed by atoms with van der Waals surface area (Å²) in [5.74, 6) is -1.19. The maximum Gasteiger partial charge on any atom is 0.309 e. The lowest BCUT2D eigenvalue weighted by atomic mass is 9.82. The Bertz CT molecular complexity index is 688. The Labute approximate surface area is 175 Å². The van der Waals surface area contributed by atoms with Gasteiger partial charge in [0.05, 0.1) is 24.7 Å². The van der Waals surface area contributed by atoms with Gasteiger partial charge in [-0.05, 0) is 38.3 Å². The first kappa shape index (κ1) is 23.3. The van der Waals surface area contributed by atoms with Crippen molar-refractivity contribution in [3.8, 4) is 0 Å². The molecule has 0 radical (unpaired) electrons. The third-order valence-corrected chi connectivity index (χ3v) is 6.32. The molecule has 9 heteroatoms. The Kier molecular flexibility index (Phi) is 7.34. The predicted octanol–water partition coefficient (Wildman–Crippen LogP) is -0.603. The highest BCUT2D eigenvalue weighted by atomic mass is 16.7. The fraction of sp³-hybridized carbons (Fsp3) is 0.762. The van der Waals surface area contributed by atoms with Gasteiger partial charge in [-0.1, -0.05) is 18.6 Å². The Morgan fingerprint density at radius 1 is 1.13 bits per heavy atom. The first-order valence-corrected chi connectivity index (χ1v) is 10.3. The smallest absolute Gasteiger partial charge is 0.309 e. The van der Waals surface area contributed by atoms with Gasteiger partial charge >= 0.3 is 5.97 Å². The van der Waals surface area contributed by atoms with Crippen molar-refractivity contribution >= 4 is 5.97 Å². The molecule has 0 aromatic heterocycles. The minimum Gasteiger partial charge on any atom is -0.457 e. The molecule has 2 heterocycles. The number of carbonyl (C=O) groups is 1. The normalized spacial score (nSPS) is 45.3. The molecule has 0 spiro atoms. The number of carbonyl (C=O) groups excluding carboxylic acids is 1. The van der Waals surface area contributed by atoms with E-state index in [-0.39, 0.29) is 11.9 Å². The highest BCUT2D eigenvalue weighted by molar-refractivity contribution is 5.75. The van der Waals surface area contributed by atoms with Crippen LogP contribution in [0.4, 0.5) is 0 Å². The zero-order valence-electron chi connectivity index (χ0n) is 17.4. The van der Waals surface area contributed by atoms with Crippen LogP contribution >= 0.6 is 0 Å². The van der Waals surface area contributed by atoms with Gasteiger partial charge < -0.3 is 39.7 Å². The summed E-state index contributed by atoms with van der Waals surface area (Å²) in [7, 11) is 0. The number of hydrogen-bond donors (Lipinski definition) is 5. The van der Waals surface area contributed by atoms with Gasteiger partial charge in [0, 0.05) is 5.92 Å². The Hall–Kier alpha value is -1.33. The first-order valence-electron chi connectivity index (χ1n) is 10.3. The molecule has 10 unspecified atom stereocenters. The quantitative estimate of drug-likeness (QED) is 0.294. The summed E-state index contributed by atoms with van der Waals surface area (Å²) in [6.07, 6.45) is -4.28. The highest BCUT2D eigenvalue weighted by Crippen LogP contribution is 2.36. The topological polar surface area (TPSA) is 146 Å². The van der Waals surface area contributed by atoms with E-state index in [0.29, 0.717) is 18.4 Å². The fourth-order valence-corrected chi connectivity index (χ4v) is 4.37. The van der Waals surface area contributed by atoms with Crippen LogP contribution in [0, 0.1) is 11.8 Å². The molecule has 10 atom stereocenters. The molecule has 2 aliphatic heterocycles. The van der Waals surface area contributed by atoms with Gasteiger partial charge in [0.2, 0.25) is 0 Å². The molecule has 0 aromatic carbocycles. The maximum atomic E-state index is 12.1. The fourth-order valence-electron chi connectivity index (χ4n) is 4.37. The highest BCUT2D eigenvalue weighted by Gasteiger charge is 2.47. The molecular weight excluding hydrogens is 396 g/mol. The van der Waals surface area contributed by atoms with E-state index in [9.17, 15) is 30.3 Å². The van der Waals surface area contributed by atoms with E-state index in [2.05, 4.69) is 0 Å². The maximum absolute atomic E-state index is 12.1. The SMILES string of the molecule is CC1=CCC(OC2OC(CO)C(O)C(O)C2O)C(C)=CC2OC(=O)C(C)C2C(O)C1.